The number of hydrogen-bond donors (Lipinski definition) is 0. The van der Waals surface area contributed by atoms with Crippen LogP contribution in [-0.4, -0.2) is 24.2 Å². The van der Waals surface area contributed by atoms with Gasteiger partial charge >= 0.3 is 0 Å². The summed E-state index contributed by atoms with van der Waals surface area (Å²) in [5, 5.41) is 4.15. The summed E-state index contributed by atoms with van der Waals surface area (Å²) in [6, 6.07) is 1.76. The number of aromatic nitrogens is 1. The minimum Gasteiger partial charge on any atom is -0.378 e. The lowest BCUT2D eigenvalue weighted by atomic mass is 9.93. The summed E-state index contributed by atoms with van der Waals surface area (Å²) in [5.74, 6) is 0.387. The molecule has 3 heterocycles. The van der Waals surface area contributed by atoms with E-state index in [9.17, 15) is 4.79 Å². The molecule has 2 aromatic rings. The summed E-state index contributed by atoms with van der Waals surface area (Å²) in [4.78, 5) is 11.4. The maximum Gasteiger partial charge on any atom is 0.178 e. The molecule has 0 N–H and O–H groups in total. The van der Waals surface area contributed by atoms with Crippen LogP contribution in [0.4, 0.5) is 0 Å². The largest absolute Gasteiger partial charge is 0.378 e. The Balaban J connectivity index is 1.98. The Labute approximate surface area is 103 Å². The lowest BCUT2D eigenvalue weighted by molar-refractivity contribution is 0.0178. The number of carbonyl (C=O) groups excluding carboxylic acids is 1. The van der Waals surface area contributed by atoms with Gasteiger partial charge in [0.15, 0.2) is 11.9 Å². The summed E-state index contributed by atoms with van der Waals surface area (Å²) in [6.45, 7) is 2.85. The molecular weight excluding hydrogens is 238 g/mol. The highest BCUT2D eigenvalue weighted by Crippen LogP contribution is 2.37. The number of hydrogen-bond acceptors (Lipinski definition) is 5. The molecule has 0 aliphatic carbocycles. The highest BCUT2D eigenvalue weighted by molar-refractivity contribution is 7.20. The fraction of sp³-hybridized carbons (Fsp3) is 0.500. The second kappa shape index (κ2) is 4.23. The SMILES string of the molecule is CC1CC(c2noc3cc(C=O)sc23)CCO1. The van der Waals surface area contributed by atoms with Gasteiger partial charge < -0.3 is 9.26 Å². The molecule has 2 unspecified atom stereocenters. The van der Waals surface area contributed by atoms with Gasteiger partial charge in [0.1, 0.15) is 5.69 Å². The summed E-state index contributed by atoms with van der Waals surface area (Å²) < 4.78 is 11.8. The lowest BCUT2D eigenvalue weighted by Crippen LogP contribution is -2.21. The third-order valence-electron chi connectivity index (χ3n) is 3.18. The van der Waals surface area contributed by atoms with Crippen molar-refractivity contribution in [2.24, 2.45) is 0 Å². The molecule has 1 saturated heterocycles. The van der Waals surface area contributed by atoms with Crippen molar-refractivity contribution in [3.63, 3.8) is 0 Å². The van der Waals surface area contributed by atoms with Gasteiger partial charge in [-0.25, -0.2) is 0 Å². The van der Waals surface area contributed by atoms with Gasteiger partial charge in [0.05, 0.1) is 15.7 Å². The first-order valence-electron chi connectivity index (χ1n) is 5.74. The third kappa shape index (κ3) is 1.89. The smallest absolute Gasteiger partial charge is 0.178 e. The van der Waals surface area contributed by atoms with E-state index in [0.29, 0.717) is 10.8 Å². The van der Waals surface area contributed by atoms with Gasteiger partial charge in [-0.3, -0.25) is 4.79 Å². The molecule has 4 nitrogen and oxygen atoms in total. The highest BCUT2D eigenvalue weighted by Gasteiger charge is 2.26. The molecular formula is C12H13NO3S. The number of nitrogens with zero attached hydrogens (tertiary/aromatic N) is 1. The van der Waals surface area contributed by atoms with Crippen molar-refractivity contribution in [2.45, 2.75) is 31.8 Å². The van der Waals surface area contributed by atoms with Gasteiger partial charge in [-0.05, 0) is 19.8 Å². The zero-order valence-corrected chi connectivity index (χ0v) is 10.3. The van der Waals surface area contributed by atoms with E-state index in [1.54, 1.807) is 6.07 Å². The van der Waals surface area contributed by atoms with E-state index in [2.05, 4.69) is 12.1 Å². The van der Waals surface area contributed by atoms with E-state index in [-0.39, 0.29) is 6.10 Å². The van der Waals surface area contributed by atoms with Crippen molar-refractivity contribution in [2.75, 3.05) is 6.61 Å². The molecule has 1 aliphatic heterocycles. The van der Waals surface area contributed by atoms with Gasteiger partial charge in [-0.15, -0.1) is 11.3 Å². The maximum atomic E-state index is 10.7. The van der Waals surface area contributed by atoms with Gasteiger partial charge in [-0.1, -0.05) is 5.16 Å². The first-order valence-corrected chi connectivity index (χ1v) is 6.55. The fourth-order valence-corrected chi connectivity index (χ4v) is 3.30. The van der Waals surface area contributed by atoms with Gasteiger partial charge in [0, 0.05) is 18.6 Å². The van der Waals surface area contributed by atoms with E-state index in [1.807, 2.05) is 0 Å². The van der Waals surface area contributed by atoms with Crippen LogP contribution in [0, 0.1) is 0 Å². The van der Waals surface area contributed by atoms with Crippen LogP contribution in [0.15, 0.2) is 10.6 Å². The maximum absolute atomic E-state index is 10.7. The molecule has 0 bridgehead atoms. The van der Waals surface area contributed by atoms with Crippen LogP contribution in [0.3, 0.4) is 0 Å². The van der Waals surface area contributed by atoms with Crippen molar-refractivity contribution >= 4 is 27.9 Å². The zero-order valence-electron chi connectivity index (χ0n) is 9.51. The van der Waals surface area contributed by atoms with Gasteiger partial charge in [0.2, 0.25) is 0 Å². The molecule has 2 atom stereocenters. The Morgan fingerprint density at radius 3 is 3.24 bits per heavy atom. The van der Waals surface area contributed by atoms with E-state index in [4.69, 9.17) is 9.26 Å². The number of fused-ring (bicyclic) bond motifs is 1. The van der Waals surface area contributed by atoms with E-state index in [1.165, 1.54) is 11.3 Å². The molecule has 3 rings (SSSR count). The predicted molar refractivity (Wildman–Crippen MR) is 64.7 cm³/mol. The Kier molecular flexibility index (Phi) is 2.72. The quantitative estimate of drug-likeness (QED) is 0.770. The first-order chi connectivity index (χ1) is 8.28. The normalized spacial score (nSPS) is 25.2. The first kappa shape index (κ1) is 10.9. The minimum atomic E-state index is 0.269. The van der Waals surface area contributed by atoms with Crippen LogP contribution in [0.2, 0.25) is 0 Å². The van der Waals surface area contributed by atoms with Crippen molar-refractivity contribution in [1.82, 2.24) is 5.16 Å². The Bertz CT molecular complexity index is 545. The predicted octanol–water partition coefficient (Wildman–Crippen LogP) is 2.98. The summed E-state index contributed by atoms with van der Waals surface area (Å²) in [5.41, 5.74) is 1.72. The summed E-state index contributed by atoms with van der Waals surface area (Å²) in [7, 11) is 0. The third-order valence-corrected chi connectivity index (χ3v) is 4.24. The molecule has 5 heteroatoms. The molecule has 0 saturated carbocycles. The monoisotopic (exact) mass is 251 g/mol. The van der Waals surface area contributed by atoms with E-state index < -0.39 is 0 Å². The average Bonchev–Trinajstić information content (AvgIpc) is 2.87. The molecule has 17 heavy (non-hydrogen) atoms. The number of aldehydes is 1. The number of ether oxygens (including phenoxy) is 1. The van der Waals surface area contributed by atoms with Crippen LogP contribution >= 0.6 is 11.3 Å². The molecule has 0 aromatic carbocycles. The Hall–Kier alpha value is -1.20. The number of rotatable bonds is 2. The summed E-state index contributed by atoms with van der Waals surface area (Å²) >= 11 is 1.46. The van der Waals surface area contributed by atoms with Crippen molar-refractivity contribution in [3.05, 3.63) is 16.6 Å². The second-order valence-electron chi connectivity index (χ2n) is 4.43. The van der Waals surface area contributed by atoms with Crippen LogP contribution in [0.1, 0.15) is 41.0 Å². The van der Waals surface area contributed by atoms with E-state index in [0.717, 1.165) is 41.7 Å². The molecule has 2 aromatic heterocycles. The zero-order chi connectivity index (χ0) is 11.8. The molecule has 1 fully saturated rings. The van der Waals surface area contributed by atoms with E-state index >= 15 is 0 Å². The lowest BCUT2D eigenvalue weighted by Gasteiger charge is -2.25. The molecule has 0 spiro atoms. The van der Waals surface area contributed by atoms with Gasteiger partial charge in [0.25, 0.3) is 0 Å². The number of thiophene rings is 1. The van der Waals surface area contributed by atoms with Crippen molar-refractivity contribution in [1.29, 1.82) is 0 Å². The van der Waals surface area contributed by atoms with Crippen LogP contribution < -0.4 is 0 Å². The molecule has 0 radical (unpaired) electrons. The van der Waals surface area contributed by atoms with Crippen molar-refractivity contribution < 1.29 is 14.1 Å². The highest BCUT2D eigenvalue weighted by atomic mass is 32.1. The van der Waals surface area contributed by atoms with Crippen LogP contribution in [0.5, 0.6) is 0 Å². The van der Waals surface area contributed by atoms with Crippen molar-refractivity contribution in [3.8, 4) is 0 Å². The molecule has 0 amide bonds. The Morgan fingerprint density at radius 2 is 2.47 bits per heavy atom. The second-order valence-corrected chi connectivity index (χ2v) is 5.51. The number of carbonyl (C=O) groups is 1. The summed E-state index contributed by atoms with van der Waals surface area (Å²) in [6.07, 6.45) is 3.07. The topological polar surface area (TPSA) is 52.3 Å². The average molecular weight is 251 g/mol. The Morgan fingerprint density at radius 1 is 1.59 bits per heavy atom. The van der Waals surface area contributed by atoms with Crippen LogP contribution in [-0.2, 0) is 4.74 Å². The molecule has 1 aliphatic rings. The minimum absolute atomic E-state index is 0.269. The molecule has 90 valence electrons. The van der Waals surface area contributed by atoms with Gasteiger partial charge in [-0.2, -0.15) is 0 Å². The fourth-order valence-electron chi connectivity index (χ4n) is 2.34. The van der Waals surface area contributed by atoms with Crippen LogP contribution in [0.25, 0.3) is 10.3 Å². The standard InChI is InChI=1S/C12H13NO3S/c1-7-4-8(2-3-15-7)11-12-10(16-13-11)5-9(6-14)17-12/h5-8H,2-4H2,1H3.